The highest BCUT2D eigenvalue weighted by molar-refractivity contribution is 9.10. The summed E-state index contributed by atoms with van der Waals surface area (Å²) in [7, 11) is 2.57. The number of carboxylic acid groups (broad SMARTS) is 1. The first-order chi connectivity index (χ1) is 8.08. The van der Waals surface area contributed by atoms with Crippen molar-refractivity contribution in [3.63, 3.8) is 0 Å². The Morgan fingerprint density at radius 3 is 2.88 bits per heavy atom. The van der Waals surface area contributed by atoms with Crippen molar-refractivity contribution in [2.45, 2.75) is 0 Å². The zero-order valence-electron chi connectivity index (χ0n) is 8.05. The lowest BCUT2D eigenvalue weighted by Crippen LogP contribution is -1.97. The van der Waals surface area contributed by atoms with Crippen molar-refractivity contribution < 1.29 is 9.90 Å². The Morgan fingerprint density at radius 2 is 2.29 bits per heavy atom. The number of carbonyl (C=O) groups is 1. The highest BCUT2D eigenvalue weighted by Crippen LogP contribution is 2.26. The number of rotatable bonds is 2. The molecule has 0 fully saturated rings. The number of carboxylic acids is 1. The van der Waals surface area contributed by atoms with Crippen LogP contribution in [0.3, 0.4) is 0 Å². The molecule has 8 heteroatoms. The maximum absolute atomic E-state index is 10.8. The van der Waals surface area contributed by atoms with E-state index in [1.165, 1.54) is 33.0 Å². The van der Waals surface area contributed by atoms with Crippen LogP contribution in [0.25, 0.3) is 0 Å². The van der Waals surface area contributed by atoms with Gasteiger partial charge < -0.3 is 5.11 Å². The van der Waals surface area contributed by atoms with Gasteiger partial charge in [0.05, 0.1) is 11.3 Å². The number of nitrogens with zero attached hydrogens (tertiary/aromatic N) is 2. The summed E-state index contributed by atoms with van der Waals surface area (Å²) in [4.78, 5) is 15.1. The molecule has 1 aromatic carbocycles. The van der Waals surface area contributed by atoms with Gasteiger partial charge in [0.1, 0.15) is 0 Å². The quantitative estimate of drug-likeness (QED) is 0.842. The van der Waals surface area contributed by atoms with Crippen LogP contribution in [0.4, 0.5) is 5.69 Å². The van der Waals surface area contributed by atoms with Crippen LogP contribution in [0.2, 0.25) is 5.15 Å². The van der Waals surface area contributed by atoms with Crippen LogP contribution in [0, 0.1) is 0 Å². The summed E-state index contributed by atoms with van der Waals surface area (Å²) in [5.41, 5.74) is 0.694. The number of halogens is 2. The molecule has 2 aromatic rings. The third kappa shape index (κ3) is 2.92. The molecule has 0 unspecified atom stereocenters. The summed E-state index contributed by atoms with van der Waals surface area (Å²) in [5.74, 6) is -0.993. The Labute approximate surface area is 117 Å². The topological polar surface area (TPSA) is 62.5 Å². The number of hydrogen-bond acceptors (Lipinski definition) is 5. The normalized spacial score (nSPS) is 11.8. The molecule has 4 nitrogen and oxygen atoms in total. The average Bonchev–Trinajstić information content (AvgIpc) is 2.67. The second-order valence-corrected chi connectivity index (χ2v) is 5.97. The summed E-state index contributed by atoms with van der Waals surface area (Å²) in [6.07, 6.45) is 0. The molecule has 0 aliphatic heterocycles. The van der Waals surface area contributed by atoms with Crippen molar-refractivity contribution >= 4 is 60.1 Å². The highest BCUT2D eigenvalue weighted by Gasteiger charge is 2.07. The van der Waals surface area contributed by atoms with Gasteiger partial charge in [-0.2, -0.15) is 4.37 Å². The second-order valence-electron chi connectivity index (χ2n) is 2.93. The number of aromatic carboxylic acids is 1. The standard InChI is InChI=1S/C9H4BrClN2O2S2/c10-5-2-1-4(9(14)15)3-6(5)12-8-7(11)13-17-16-8/h1-3H,(H,14,15)/b12-8-. The molecule has 0 atom stereocenters. The number of hydrogen-bond donors (Lipinski definition) is 1. The van der Waals surface area contributed by atoms with Crippen molar-refractivity contribution in [3.8, 4) is 0 Å². The van der Waals surface area contributed by atoms with Crippen molar-refractivity contribution in [1.29, 1.82) is 0 Å². The summed E-state index contributed by atoms with van der Waals surface area (Å²) in [5, 5.41) is 9.22. The Morgan fingerprint density at radius 1 is 1.53 bits per heavy atom. The number of benzene rings is 1. The van der Waals surface area contributed by atoms with Gasteiger partial charge >= 0.3 is 5.97 Å². The minimum absolute atomic E-state index is 0.177. The summed E-state index contributed by atoms with van der Waals surface area (Å²) in [6, 6.07) is 4.62. The van der Waals surface area contributed by atoms with E-state index in [4.69, 9.17) is 16.7 Å². The minimum atomic E-state index is -0.993. The second kappa shape index (κ2) is 5.26. The summed E-state index contributed by atoms with van der Waals surface area (Å²) >= 11 is 9.14. The maximum Gasteiger partial charge on any atom is 0.335 e. The third-order valence-corrected chi connectivity index (χ3v) is 4.67. The fraction of sp³-hybridized carbons (Fsp3) is 0. The molecular weight excluding hydrogens is 348 g/mol. The van der Waals surface area contributed by atoms with Crippen LogP contribution in [-0.2, 0) is 0 Å². The number of aromatic nitrogens is 1. The van der Waals surface area contributed by atoms with Gasteiger partial charge in [-0.3, -0.25) is 0 Å². The van der Waals surface area contributed by atoms with Gasteiger partial charge in [0, 0.05) is 15.0 Å². The van der Waals surface area contributed by atoms with Crippen LogP contribution >= 0.6 is 48.4 Å². The van der Waals surface area contributed by atoms with E-state index in [1.54, 1.807) is 6.07 Å². The van der Waals surface area contributed by atoms with Gasteiger partial charge in [0.2, 0.25) is 0 Å². The van der Waals surface area contributed by atoms with E-state index in [9.17, 15) is 4.79 Å². The molecule has 17 heavy (non-hydrogen) atoms. The van der Waals surface area contributed by atoms with Crippen LogP contribution in [0.15, 0.2) is 27.7 Å². The molecule has 0 saturated carbocycles. The fourth-order valence-electron chi connectivity index (χ4n) is 1.07. The van der Waals surface area contributed by atoms with E-state index in [0.717, 1.165) is 0 Å². The SMILES string of the molecule is O=C(O)c1ccc(Br)c(/N=c2\ssnc2Cl)c1. The van der Waals surface area contributed by atoms with Gasteiger partial charge in [0.25, 0.3) is 0 Å². The average molecular weight is 352 g/mol. The molecule has 0 spiro atoms. The largest absolute Gasteiger partial charge is 0.478 e. The predicted octanol–water partition coefficient (Wildman–Crippen LogP) is 3.55. The van der Waals surface area contributed by atoms with Crippen LogP contribution < -0.4 is 4.67 Å². The van der Waals surface area contributed by atoms with Gasteiger partial charge in [-0.05, 0) is 44.5 Å². The molecule has 0 radical (unpaired) electrons. The first-order valence-corrected chi connectivity index (χ1v) is 7.55. The van der Waals surface area contributed by atoms with Crippen molar-refractivity contribution in [3.05, 3.63) is 38.1 Å². The van der Waals surface area contributed by atoms with E-state index in [-0.39, 0.29) is 5.56 Å². The van der Waals surface area contributed by atoms with Crippen molar-refractivity contribution in [2.75, 3.05) is 0 Å². The van der Waals surface area contributed by atoms with Gasteiger partial charge in [0.15, 0.2) is 9.82 Å². The Bertz CT molecular complexity index is 638. The molecular formula is C9H4BrClN2O2S2. The minimum Gasteiger partial charge on any atom is -0.478 e. The lowest BCUT2D eigenvalue weighted by Gasteiger charge is -1.99. The Hall–Kier alpha value is -0.760. The molecule has 0 aliphatic carbocycles. The van der Waals surface area contributed by atoms with E-state index in [1.807, 2.05) is 0 Å². The summed E-state index contributed by atoms with van der Waals surface area (Å²) in [6.45, 7) is 0. The lowest BCUT2D eigenvalue weighted by molar-refractivity contribution is 0.0697. The molecule has 0 amide bonds. The van der Waals surface area contributed by atoms with Crippen LogP contribution in [-0.4, -0.2) is 15.4 Å². The smallest absolute Gasteiger partial charge is 0.335 e. The van der Waals surface area contributed by atoms with E-state index in [0.29, 0.717) is 20.0 Å². The Balaban J connectivity index is 2.56. The fourth-order valence-corrected chi connectivity index (χ4v) is 3.39. The van der Waals surface area contributed by atoms with Crippen LogP contribution in [0.5, 0.6) is 0 Å². The Kier molecular flexibility index (Phi) is 3.93. The highest BCUT2D eigenvalue weighted by atomic mass is 79.9. The third-order valence-electron chi connectivity index (χ3n) is 1.83. The first-order valence-electron chi connectivity index (χ1n) is 4.27. The van der Waals surface area contributed by atoms with E-state index >= 15 is 0 Å². The molecule has 2 rings (SSSR count). The van der Waals surface area contributed by atoms with Crippen LogP contribution in [0.1, 0.15) is 10.4 Å². The molecule has 0 bridgehead atoms. The van der Waals surface area contributed by atoms with E-state index in [2.05, 4.69) is 25.3 Å². The summed E-state index contributed by atoms with van der Waals surface area (Å²) < 4.78 is 5.18. The molecule has 1 N–H and O–H groups in total. The van der Waals surface area contributed by atoms with E-state index < -0.39 is 5.97 Å². The van der Waals surface area contributed by atoms with Gasteiger partial charge in [-0.15, -0.1) is 0 Å². The maximum atomic E-state index is 10.8. The molecule has 0 aliphatic rings. The van der Waals surface area contributed by atoms with Crippen molar-refractivity contribution in [2.24, 2.45) is 4.99 Å². The van der Waals surface area contributed by atoms with Crippen molar-refractivity contribution in [1.82, 2.24) is 4.37 Å². The van der Waals surface area contributed by atoms with Gasteiger partial charge in [-0.1, -0.05) is 11.6 Å². The first kappa shape index (κ1) is 12.7. The monoisotopic (exact) mass is 350 g/mol. The zero-order valence-corrected chi connectivity index (χ0v) is 12.0. The predicted molar refractivity (Wildman–Crippen MR) is 71.3 cm³/mol. The lowest BCUT2D eigenvalue weighted by atomic mass is 10.2. The molecule has 1 heterocycles. The van der Waals surface area contributed by atoms with Gasteiger partial charge in [-0.25, -0.2) is 9.79 Å². The molecule has 0 saturated heterocycles. The zero-order chi connectivity index (χ0) is 12.4. The molecule has 88 valence electrons. The molecule has 1 aromatic heterocycles.